The summed E-state index contributed by atoms with van der Waals surface area (Å²) in [6, 6.07) is -2.69. The summed E-state index contributed by atoms with van der Waals surface area (Å²) in [5.41, 5.74) is 10.3. The first-order valence-corrected chi connectivity index (χ1v) is 10.3. The maximum absolute atomic E-state index is 11.1. The van der Waals surface area contributed by atoms with Gasteiger partial charge in [-0.15, -0.1) is 0 Å². The van der Waals surface area contributed by atoms with Crippen molar-refractivity contribution in [3.63, 3.8) is 0 Å². The second kappa shape index (κ2) is 26.5. The van der Waals surface area contributed by atoms with E-state index in [1.807, 2.05) is 13.8 Å². The van der Waals surface area contributed by atoms with Crippen molar-refractivity contribution >= 4 is 35.8 Å². The van der Waals surface area contributed by atoms with Gasteiger partial charge in [-0.05, 0) is 12.8 Å². The Labute approximate surface area is 284 Å². The van der Waals surface area contributed by atoms with E-state index < -0.39 is 60.7 Å². The minimum Gasteiger partial charge on any atom is -0.550 e. The van der Waals surface area contributed by atoms with E-state index in [0.717, 1.165) is 25.7 Å². The maximum Gasteiger partial charge on any atom is 1.00 e. The fourth-order valence-corrected chi connectivity index (χ4v) is 2.04. The first-order valence-electron chi connectivity index (χ1n) is 10.3. The van der Waals surface area contributed by atoms with Gasteiger partial charge in [-0.1, -0.05) is 39.5 Å². The quantitative estimate of drug-likeness (QED) is 0.0911. The summed E-state index contributed by atoms with van der Waals surface area (Å²) in [5, 5.41) is 20.3. The van der Waals surface area contributed by atoms with Crippen LogP contribution < -0.4 is 124 Å². The molecule has 0 amide bonds. The average Bonchev–Trinajstić information content (AvgIpc) is 2.67. The zero-order chi connectivity index (χ0) is 25.1. The summed E-state index contributed by atoms with van der Waals surface area (Å²) < 4.78 is 8.73. The Bertz CT molecular complexity index is 593. The van der Waals surface area contributed by atoms with Crippen LogP contribution in [-0.4, -0.2) is 47.9 Å². The van der Waals surface area contributed by atoms with Gasteiger partial charge in [0.2, 0.25) is 0 Å². The molecule has 0 aromatic carbocycles. The summed E-state index contributed by atoms with van der Waals surface area (Å²) in [5.74, 6) is -6.30. The predicted molar refractivity (Wildman–Crippen MR) is 106 cm³/mol. The first kappa shape index (κ1) is 41.5. The van der Waals surface area contributed by atoms with Gasteiger partial charge in [0.05, 0.1) is 0 Å². The zero-order valence-electron chi connectivity index (χ0n) is 20.5. The molecular weight excluding hydrogens is 506 g/mol. The van der Waals surface area contributed by atoms with Crippen LogP contribution in [0.4, 0.5) is 0 Å². The van der Waals surface area contributed by atoms with Crippen molar-refractivity contribution in [1.29, 1.82) is 0 Å². The number of esters is 4. The third-order valence-electron chi connectivity index (χ3n) is 3.78. The molecule has 0 radical (unpaired) electrons. The van der Waals surface area contributed by atoms with Gasteiger partial charge >= 0.3 is 127 Å². The largest absolute Gasteiger partial charge is 1.00 e. The molecular formula is C20H32K2N2O10. The molecule has 2 unspecified atom stereocenters. The van der Waals surface area contributed by atoms with Gasteiger partial charge in [0.25, 0.3) is 0 Å². The summed E-state index contributed by atoms with van der Waals surface area (Å²) in [4.78, 5) is 64.5. The monoisotopic (exact) mass is 538 g/mol. The first-order chi connectivity index (χ1) is 14.9. The summed E-state index contributed by atoms with van der Waals surface area (Å²) >= 11 is 0. The molecule has 2 atom stereocenters. The van der Waals surface area contributed by atoms with Gasteiger partial charge in [-0.25, -0.2) is 9.59 Å². The van der Waals surface area contributed by atoms with Crippen LogP contribution in [0, 0.1) is 0 Å². The van der Waals surface area contributed by atoms with E-state index in [4.69, 9.17) is 11.5 Å². The maximum atomic E-state index is 11.1. The number of aliphatic carboxylic acids is 2. The van der Waals surface area contributed by atoms with Gasteiger partial charge in [-0.2, -0.15) is 0 Å². The molecule has 0 aliphatic heterocycles. The number of nitrogens with two attached hydrogens (primary N) is 2. The van der Waals surface area contributed by atoms with E-state index in [2.05, 4.69) is 9.47 Å². The van der Waals surface area contributed by atoms with Crippen LogP contribution in [0.2, 0.25) is 0 Å². The molecule has 0 bridgehead atoms. The Morgan fingerprint density at radius 1 is 0.647 bits per heavy atom. The van der Waals surface area contributed by atoms with Crippen LogP contribution in [0.5, 0.6) is 0 Å². The molecule has 0 aliphatic rings. The zero-order valence-corrected chi connectivity index (χ0v) is 26.7. The predicted octanol–water partition coefficient (Wildman–Crippen LogP) is -7.78. The number of unbranched alkanes of at least 4 members (excludes halogenated alkanes) is 4. The normalized spacial score (nSPS) is 11.2. The van der Waals surface area contributed by atoms with Crippen molar-refractivity contribution < 1.29 is 151 Å². The van der Waals surface area contributed by atoms with Crippen molar-refractivity contribution in [1.82, 2.24) is 0 Å². The topological polar surface area (TPSA) is 219 Å². The van der Waals surface area contributed by atoms with E-state index in [1.165, 1.54) is 0 Å². The molecule has 0 fully saturated rings. The number of hydrogen-bond donors (Lipinski definition) is 2. The van der Waals surface area contributed by atoms with E-state index in [0.29, 0.717) is 12.8 Å². The Morgan fingerprint density at radius 3 is 1.18 bits per heavy atom. The van der Waals surface area contributed by atoms with Crippen molar-refractivity contribution in [2.75, 3.05) is 0 Å². The van der Waals surface area contributed by atoms with Crippen molar-refractivity contribution in [3.8, 4) is 0 Å². The second-order valence-corrected chi connectivity index (χ2v) is 6.87. The van der Waals surface area contributed by atoms with E-state index in [9.17, 15) is 39.0 Å². The van der Waals surface area contributed by atoms with Crippen molar-refractivity contribution in [2.24, 2.45) is 11.5 Å². The number of carboxylic acid groups (broad SMARTS) is 2. The fraction of sp³-hybridized carbons (Fsp3) is 0.700. The van der Waals surface area contributed by atoms with E-state index >= 15 is 0 Å². The molecule has 0 saturated carbocycles. The number of rotatable bonds is 14. The smallest absolute Gasteiger partial charge is 0.550 e. The van der Waals surface area contributed by atoms with Crippen LogP contribution in [0.3, 0.4) is 0 Å². The van der Waals surface area contributed by atoms with Gasteiger partial charge < -0.3 is 40.7 Å². The van der Waals surface area contributed by atoms with Gasteiger partial charge in [0.1, 0.15) is 12.1 Å². The Kier molecular flexibility index (Phi) is 32.3. The molecule has 0 spiro atoms. The third-order valence-corrected chi connectivity index (χ3v) is 3.78. The Hall–Kier alpha value is 0.413. The SMILES string of the molecule is CCCCCC(=O)OC(=O)C(N)CC(=O)[O-].CCCCCC(=O)OC(=O)C(N)CC(=O)[O-].[K+].[K+]. The van der Waals surface area contributed by atoms with Gasteiger partial charge in [0.15, 0.2) is 0 Å². The number of hydrogen-bond acceptors (Lipinski definition) is 12. The minimum absolute atomic E-state index is 0. The molecule has 0 aliphatic carbocycles. The molecule has 12 nitrogen and oxygen atoms in total. The Balaban J connectivity index is -0.000000250. The van der Waals surface area contributed by atoms with Gasteiger partial charge in [0, 0.05) is 37.6 Å². The minimum atomic E-state index is -1.46. The van der Waals surface area contributed by atoms with E-state index in [-0.39, 0.29) is 116 Å². The van der Waals surface area contributed by atoms with Crippen molar-refractivity contribution in [3.05, 3.63) is 0 Å². The number of ether oxygens (including phenoxy) is 2. The fourth-order valence-electron chi connectivity index (χ4n) is 2.04. The molecule has 184 valence electrons. The van der Waals surface area contributed by atoms with Crippen LogP contribution in [0.25, 0.3) is 0 Å². The van der Waals surface area contributed by atoms with Crippen LogP contribution >= 0.6 is 0 Å². The van der Waals surface area contributed by atoms with E-state index in [1.54, 1.807) is 0 Å². The van der Waals surface area contributed by atoms with Crippen LogP contribution in [0.15, 0.2) is 0 Å². The standard InChI is InChI=1S/2C10H17NO5.2K/c2*1-2-3-4-5-9(14)16-10(15)7(11)6-8(12)13;;/h2*7H,2-6,11H2,1H3,(H,12,13);;/q;;2*+1/p-2. The van der Waals surface area contributed by atoms with Gasteiger partial charge in [-0.3, -0.25) is 9.59 Å². The second-order valence-electron chi connectivity index (χ2n) is 6.87. The number of carbonyl (C=O) groups excluding carboxylic acids is 6. The third kappa shape index (κ3) is 27.0. The summed E-state index contributed by atoms with van der Waals surface area (Å²) in [6.45, 7) is 3.96. The summed E-state index contributed by atoms with van der Waals surface area (Å²) in [7, 11) is 0. The van der Waals surface area contributed by atoms with Crippen LogP contribution in [0.1, 0.15) is 78.1 Å². The van der Waals surface area contributed by atoms with Crippen LogP contribution in [-0.2, 0) is 38.2 Å². The Morgan fingerprint density at radius 2 is 0.941 bits per heavy atom. The molecule has 4 N–H and O–H groups in total. The molecule has 0 aromatic rings. The van der Waals surface area contributed by atoms with Crippen molar-refractivity contribution in [2.45, 2.75) is 90.1 Å². The molecule has 0 rings (SSSR count). The number of carboxylic acids is 2. The molecule has 0 heterocycles. The molecule has 34 heavy (non-hydrogen) atoms. The number of carbonyl (C=O) groups is 6. The molecule has 14 heteroatoms. The average molecular weight is 539 g/mol. The summed E-state index contributed by atoms with van der Waals surface area (Å²) in [6.07, 6.45) is 3.88. The molecule has 0 saturated heterocycles. The molecule has 0 aromatic heterocycles.